The van der Waals surface area contributed by atoms with Crippen molar-refractivity contribution in [1.82, 2.24) is 14.3 Å². The van der Waals surface area contributed by atoms with Crippen molar-refractivity contribution in [1.29, 1.82) is 0 Å². The maximum Gasteiger partial charge on any atom is 0.258 e. The molecule has 7 nitrogen and oxygen atoms in total. The number of aromatic nitrogens is 2. The average molecular weight is 535 g/mol. The molecule has 190 valence electrons. The molecule has 1 atom stereocenters. The van der Waals surface area contributed by atoms with Crippen LogP contribution in [-0.2, 0) is 30.0 Å². The Morgan fingerprint density at radius 3 is 2.62 bits per heavy atom. The van der Waals surface area contributed by atoms with Gasteiger partial charge in [0.1, 0.15) is 5.82 Å². The summed E-state index contributed by atoms with van der Waals surface area (Å²) in [5.41, 5.74) is 4.04. The predicted molar refractivity (Wildman–Crippen MR) is 144 cm³/mol. The summed E-state index contributed by atoms with van der Waals surface area (Å²) >= 11 is 6.17. The van der Waals surface area contributed by atoms with E-state index < -0.39 is 16.1 Å². The number of imidazole rings is 1. The number of carbonyl (C=O) groups excluding carboxylic acids is 1. The quantitative estimate of drug-likeness (QED) is 0.353. The van der Waals surface area contributed by atoms with Crippen LogP contribution >= 0.6 is 11.6 Å². The first-order valence-electron chi connectivity index (χ1n) is 12.0. The third-order valence-electron chi connectivity index (χ3n) is 6.68. The number of sulfonamides is 1. The largest absolute Gasteiger partial charge is 0.337 e. The summed E-state index contributed by atoms with van der Waals surface area (Å²) in [6, 6.07) is 19.0. The Morgan fingerprint density at radius 1 is 1.14 bits per heavy atom. The first-order chi connectivity index (χ1) is 17.7. The van der Waals surface area contributed by atoms with E-state index in [9.17, 15) is 13.2 Å². The Balaban J connectivity index is 1.49. The summed E-state index contributed by atoms with van der Waals surface area (Å²) in [5, 5.41) is 0.474. The molecular weight excluding hydrogens is 508 g/mol. The number of halogens is 1. The first kappa shape index (κ1) is 25.2. The van der Waals surface area contributed by atoms with Gasteiger partial charge in [-0.2, -0.15) is 0 Å². The second-order valence-corrected chi connectivity index (χ2v) is 11.4. The van der Waals surface area contributed by atoms with Gasteiger partial charge >= 0.3 is 0 Å². The highest BCUT2D eigenvalue weighted by molar-refractivity contribution is 7.89. The van der Waals surface area contributed by atoms with E-state index in [0.29, 0.717) is 28.5 Å². The van der Waals surface area contributed by atoms with Gasteiger partial charge in [0.25, 0.3) is 5.91 Å². The lowest BCUT2D eigenvalue weighted by Crippen LogP contribution is -2.32. The second-order valence-electron chi connectivity index (χ2n) is 9.26. The molecular formula is C28H27ClN4O3S. The number of hydrogen-bond acceptors (Lipinski definition) is 4. The minimum absolute atomic E-state index is 0.222. The number of benzene rings is 3. The third kappa shape index (κ3) is 5.32. The first-order valence-corrected chi connectivity index (χ1v) is 13.8. The molecule has 37 heavy (non-hydrogen) atoms. The molecule has 9 heteroatoms. The minimum Gasteiger partial charge on any atom is -0.337 e. The van der Waals surface area contributed by atoms with Crippen molar-refractivity contribution in [3.8, 4) is 0 Å². The monoisotopic (exact) mass is 534 g/mol. The highest BCUT2D eigenvalue weighted by Gasteiger charge is 2.29. The Labute approximate surface area is 221 Å². The van der Waals surface area contributed by atoms with Crippen molar-refractivity contribution in [3.63, 3.8) is 0 Å². The predicted octanol–water partition coefficient (Wildman–Crippen LogP) is 5.19. The van der Waals surface area contributed by atoms with Crippen molar-refractivity contribution < 1.29 is 13.2 Å². The lowest BCUT2D eigenvalue weighted by Gasteiger charge is -2.24. The molecule has 1 N–H and O–H groups in total. The van der Waals surface area contributed by atoms with E-state index in [1.54, 1.807) is 59.6 Å². The summed E-state index contributed by atoms with van der Waals surface area (Å²) in [4.78, 5) is 20.0. The summed E-state index contributed by atoms with van der Waals surface area (Å²) in [5.74, 6) is 0.493. The van der Waals surface area contributed by atoms with Crippen LogP contribution in [0.15, 0.2) is 84.0 Å². The molecule has 1 aliphatic carbocycles. The van der Waals surface area contributed by atoms with Crippen molar-refractivity contribution in [2.75, 3.05) is 4.90 Å². The topological polar surface area (TPSA) is 84.3 Å². The summed E-state index contributed by atoms with van der Waals surface area (Å²) in [7, 11) is -1.83. The summed E-state index contributed by atoms with van der Waals surface area (Å²) in [6.45, 7) is 2.16. The lowest BCUT2D eigenvalue weighted by molar-refractivity contribution is 0.0984. The van der Waals surface area contributed by atoms with Gasteiger partial charge in [-0.3, -0.25) is 4.79 Å². The van der Waals surface area contributed by atoms with E-state index in [0.717, 1.165) is 23.1 Å². The van der Waals surface area contributed by atoms with E-state index in [4.69, 9.17) is 11.6 Å². The van der Waals surface area contributed by atoms with Crippen LogP contribution in [-0.4, -0.2) is 23.9 Å². The maximum atomic E-state index is 13.7. The Morgan fingerprint density at radius 2 is 1.92 bits per heavy atom. The molecule has 0 radical (unpaired) electrons. The average Bonchev–Trinajstić information content (AvgIpc) is 3.47. The number of aryl methyl sites for hydroxylation is 3. The van der Waals surface area contributed by atoms with Crippen LogP contribution in [0.3, 0.4) is 0 Å². The molecule has 4 aromatic rings. The number of nitrogens with one attached hydrogen (secondary N) is 1. The van der Waals surface area contributed by atoms with Gasteiger partial charge < -0.3 is 9.47 Å². The molecule has 1 amide bonds. The Bertz CT molecular complexity index is 1560. The zero-order chi connectivity index (χ0) is 26.2. The van der Waals surface area contributed by atoms with Gasteiger partial charge in [-0.05, 0) is 73.4 Å². The molecule has 3 aromatic carbocycles. The molecule has 0 bridgehead atoms. The van der Waals surface area contributed by atoms with Gasteiger partial charge in [-0.1, -0.05) is 41.4 Å². The van der Waals surface area contributed by atoms with Crippen LogP contribution in [0.1, 0.15) is 45.3 Å². The fraction of sp³-hybridized carbons (Fsp3) is 0.214. The number of carbonyl (C=O) groups is 1. The number of fused-ring (bicyclic) bond motifs is 1. The summed E-state index contributed by atoms with van der Waals surface area (Å²) < 4.78 is 30.9. The normalized spacial score (nSPS) is 14.9. The number of rotatable bonds is 7. The fourth-order valence-corrected chi connectivity index (χ4v) is 6.04. The maximum absolute atomic E-state index is 13.7. The minimum atomic E-state index is -3.71. The third-order valence-corrected chi connectivity index (χ3v) is 8.41. The van der Waals surface area contributed by atoms with E-state index in [1.165, 1.54) is 0 Å². The van der Waals surface area contributed by atoms with Gasteiger partial charge in [0, 0.05) is 41.8 Å². The van der Waals surface area contributed by atoms with Crippen LogP contribution in [0.5, 0.6) is 0 Å². The SMILES string of the molecule is Cc1ccc(S(=O)(=O)NC2CCc3ccc(N(Cc4nccn4C)C(=O)c4cccc(Cl)c4)cc32)cc1. The highest BCUT2D eigenvalue weighted by Crippen LogP contribution is 2.36. The van der Waals surface area contributed by atoms with Crippen LogP contribution < -0.4 is 9.62 Å². The molecule has 0 fully saturated rings. The zero-order valence-corrected chi connectivity index (χ0v) is 22.1. The number of amides is 1. The van der Waals surface area contributed by atoms with Crippen LogP contribution in [0, 0.1) is 6.92 Å². The van der Waals surface area contributed by atoms with E-state index in [-0.39, 0.29) is 17.3 Å². The number of nitrogens with zero attached hydrogens (tertiary/aromatic N) is 3. The van der Waals surface area contributed by atoms with Gasteiger partial charge in [0.2, 0.25) is 10.0 Å². The molecule has 1 unspecified atom stereocenters. The van der Waals surface area contributed by atoms with Crippen LogP contribution in [0.2, 0.25) is 5.02 Å². The highest BCUT2D eigenvalue weighted by atomic mass is 35.5. The zero-order valence-electron chi connectivity index (χ0n) is 20.6. The van der Waals surface area contributed by atoms with Gasteiger partial charge in [0.05, 0.1) is 11.4 Å². The van der Waals surface area contributed by atoms with Gasteiger partial charge in [-0.15, -0.1) is 0 Å². The lowest BCUT2D eigenvalue weighted by atomic mass is 10.1. The van der Waals surface area contributed by atoms with Crippen molar-refractivity contribution in [2.24, 2.45) is 7.05 Å². The number of anilines is 1. The smallest absolute Gasteiger partial charge is 0.258 e. The Kier molecular flexibility index (Phi) is 6.90. The Hall–Kier alpha value is -3.46. The molecule has 5 rings (SSSR count). The van der Waals surface area contributed by atoms with Crippen molar-refractivity contribution in [2.45, 2.75) is 37.2 Å². The fourth-order valence-electron chi connectivity index (χ4n) is 4.60. The van der Waals surface area contributed by atoms with E-state index in [2.05, 4.69) is 9.71 Å². The molecule has 0 spiro atoms. The van der Waals surface area contributed by atoms with Crippen LogP contribution in [0.25, 0.3) is 0 Å². The van der Waals surface area contributed by atoms with Gasteiger partial charge in [0.15, 0.2) is 0 Å². The van der Waals surface area contributed by atoms with Crippen molar-refractivity contribution >= 4 is 33.2 Å². The molecule has 0 aliphatic heterocycles. The van der Waals surface area contributed by atoms with E-state index in [1.807, 2.05) is 42.9 Å². The molecule has 0 saturated heterocycles. The van der Waals surface area contributed by atoms with Crippen molar-refractivity contribution in [3.05, 3.63) is 112 Å². The van der Waals surface area contributed by atoms with E-state index >= 15 is 0 Å². The standard InChI is InChI=1S/C28H27ClN4O3S/c1-19-6-11-24(12-7-19)37(35,36)31-26-13-9-20-8-10-23(17-25(20)26)33(18-27-30-14-15-32(27)2)28(34)21-4-3-5-22(29)16-21/h3-8,10-12,14-17,26,31H,9,13,18H2,1-2H3. The summed E-state index contributed by atoms with van der Waals surface area (Å²) in [6.07, 6.45) is 4.91. The molecule has 0 saturated carbocycles. The van der Waals surface area contributed by atoms with Crippen LogP contribution in [0.4, 0.5) is 5.69 Å². The van der Waals surface area contributed by atoms with Gasteiger partial charge in [-0.25, -0.2) is 18.1 Å². The second kappa shape index (κ2) is 10.1. The molecule has 1 aromatic heterocycles. The number of hydrogen-bond donors (Lipinski definition) is 1. The molecule has 1 heterocycles. The molecule has 1 aliphatic rings.